The fourth-order valence-electron chi connectivity index (χ4n) is 3.04. The molecule has 1 aromatic carbocycles. The highest BCUT2D eigenvalue weighted by atomic mass is 19.1. The SMILES string of the molecule is Bc1n[nH]c(B)c1-c1cn(CC)c2cc(F)c(C#CC(C)(C)O)cc12. The van der Waals surface area contributed by atoms with Gasteiger partial charge >= 0.3 is 0 Å². The number of aliphatic hydroxyl groups is 1. The van der Waals surface area contributed by atoms with Crippen molar-refractivity contribution in [1.82, 2.24) is 14.8 Å². The van der Waals surface area contributed by atoms with Gasteiger partial charge in [0.15, 0.2) is 15.7 Å². The van der Waals surface area contributed by atoms with Crippen molar-refractivity contribution in [2.45, 2.75) is 32.9 Å². The van der Waals surface area contributed by atoms with E-state index in [2.05, 4.69) is 22.0 Å². The standard InChI is InChI=1S/C18H20B2FN3O/c1-4-24-9-12(15-16(19)22-23-17(15)20)11-7-10(5-6-18(2,3)25)13(21)8-14(11)24/h7-9,25H,4,19-20H2,1-3H3,(H,22,23). The number of aryl methyl sites for hydroxylation is 1. The van der Waals surface area contributed by atoms with Gasteiger partial charge in [-0.1, -0.05) is 11.8 Å². The lowest BCUT2D eigenvalue weighted by atomic mass is 9.87. The van der Waals surface area contributed by atoms with Crippen molar-refractivity contribution in [2.24, 2.45) is 0 Å². The summed E-state index contributed by atoms with van der Waals surface area (Å²) in [5.41, 5.74) is 3.85. The van der Waals surface area contributed by atoms with Crippen molar-refractivity contribution in [2.75, 3.05) is 0 Å². The van der Waals surface area contributed by atoms with Crippen molar-refractivity contribution in [3.63, 3.8) is 0 Å². The van der Waals surface area contributed by atoms with Gasteiger partial charge in [0.25, 0.3) is 0 Å². The van der Waals surface area contributed by atoms with E-state index in [9.17, 15) is 9.50 Å². The molecule has 0 unspecified atom stereocenters. The number of benzene rings is 1. The number of rotatable bonds is 2. The number of nitrogens with zero attached hydrogens (tertiary/aromatic N) is 2. The molecule has 0 saturated heterocycles. The Kier molecular flexibility index (Phi) is 4.26. The number of nitrogens with one attached hydrogen (secondary N) is 1. The molecule has 4 nitrogen and oxygen atoms in total. The highest BCUT2D eigenvalue weighted by Gasteiger charge is 2.17. The number of hydrogen-bond donors (Lipinski definition) is 2. The predicted molar refractivity (Wildman–Crippen MR) is 105 cm³/mol. The van der Waals surface area contributed by atoms with Gasteiger partial charge in [-0.05, 0) is 38.5 Å². The molecule has 0 aliphatic carbocycles. The molecule has 0 saturated carbocycles. The Bertz CT molecular complexity index is 1000. The van der Waals surface area contributed by atoms with E-state index in [1.54, 1.807) is 19.9 Å². The number of hydrogen-bond acceptors (Lipinski definition) is 2. The average molecular weight is 335 g/mol. The molecular weight excluding hydrogens is 315 g/mol. The van der Waals surface area contributed by atoms with E-state index in [4.69, 9.17) is 0 Å². The molecule has 0 fully saturated rings. The van der Waals surface area contributed by atoms with Crippen LogP contribution in [0.3, 0.4) is 0 Å². The first-order valence-electron chi connectivity index (χ1n) is 8.31. The third-order valence-electron chi connectivity index (χ3n) is 4.21. The zero-order valence-corrected chi connectivity index (χ0v) is 15.2. The molecule has 0 aliphatic rings. The summed E-state index contributed by atoms with van der Waals surface area (Å²) in [6.07, 6.45) is 2.03. The molecule has 3 aromatic rings. The van der Waals surface area contributed by atoms with Crippen LogP contribution in [0.25, 0.3) is 22.0 Å². The van der Waals surface area contributed by atoms with Gasteiger partial charge in [0.05, 0.1) is 11.1 Å². The van der Waals surface area contributed by atoms with Crippen molar-refractivity contribution in [3.05, 3.63) is 29.7 Å². The molecule has 0 aliphatic heterocycles. The summed E-state index contributed by atoms with van der Waals surface area (Å²) in [4.78, 5) is 0. The van der Waals surface area contributed by atoms with Crippen molar-refractivity contribution in [1.29, 1.82) is 0 Å². The monoisotopic (exact) mass is 335 g/mol. The van der Waals surface area contributed by atoms with Crippen LogP contribution in [0.4, 0.5) is 4.39 Å². The maximum absolute atomic E-state index is 14.5. The fraction of sp³-hybridized carbons (Fsp3) is 0.278. The largest absolute Gasteiger partial charge is 0.378 e. The first-order valence-corrected chi connectivity index (χ1v) is 8.31. The average Bonchev–Trinajstić information content (AvgIpc) is 3.03. The Morgan fingerprint density at radius 3 is 2.64 bits per heavy atom. The van der Waals surface area contributed by atoms with Gasteiger partial charge in [0.2, 0.25) is 0 Å². The van der Waals surface area contributed by atoms with Crippen LogP contribution in [0.1, 0.15) is 26.3 Å². The van der Waals surface area contributed by atoms with E-state index < -0.39 is 5.60 Å². The van der Waals surface area contributed by atoms with Gasteiger partial charge in [0, 0.05) is 34.8 Å². The molecule has 3 rings (SSSR count). The lowest BCUT2D eigenvalue weighted by Crippen LogP contribution is -2.14. The summed E-state index contributed by atoms with van der Waals surface area (Å²) in [5, 5.41) is 18.0. The summed E-state index contributed by atoms with van der Waals surface area (Å²) in [6.45, 7) is 5.92. The van der Waals surface area contributed by atoms with Crippen molar-refractivity contribution < 1.29 is 9.50 Å². The quantitative estimate of drug-likeness (QED) is 0.505. The second-order valence-corrected chi connectivity index (χ2v) is 6.80. The normalized spacial score (nSPS) is 11.6. The number of fused-ring (bicyclic) bond motifs is 1. The Morgan fingerprint density at radius 2 is 2.08 bits per heavy atom. The highest BCUT2D eigenvalue weighted by Crippen LogP contribution is 2.30. The van der Waals surface area contributed by atoms with Gasteiger partial charge in [0.1, 0.15) is 11.4 Å². The number of halogens is 1. The first kappa shape index (κ1) is 17.4. The third-order valence-corrected chi connectivity index (χ3v) is 4.21. The van der Waals surface area contributed by atoms with Crippen molar-refractivity contribution >= 4 is 37.8 Å². The number of aromatic amines is 1. The van der Waals surface area contributed by atoms with Gasteiger partial charge in [-0.3, -0.25) is 5.10 Å². The predicted octanol–water partition coefficient (Wildman–Crippen LogP) is -0.170. The third kappa shape index (κ3) is 3.22. The smallest absolute Gasteiger partial charge is 0.167 e. The Hall–Kier alpha value is -2.45. The van der Waals surface area contributed by atoms with E-state index in [1.807, 2.05) is 33.4 Å². The molecule has 2 N–H and O–H groups in total. The number of H-pyrrole nitrogens is 1. The molecule has 0 atom stereocenters. The van der Waals surface area contributed by atoms with Crippen LogP contribution in [-0.2, 0) is 6.54 Å². The highest BCUT2D eigenvalue weighted by molar-refractivity contribution is 6.43. The molecule has 0 bridgehead atoms. The second kappa shape index (κ2) is 6.12. The summed E-state index contributed by atoms with van der Waals surface area (Å²) < 4.78 is 16.5. The van der Waals surface area contributed by atoms with E-state index in [1.165, 1.54) is 6.07 Å². The molecule has 7 heteroatoms. The van der Waals surface area contributed by atoms with Crippen LogP contribution in [0.2, 0.25) is 0 Å². The molecule has 0 spiro atoms. The molecule has 126 valence electrons. The Morgan fingerprint density at radius 1 is 1.36 bits per heavy atom. The van der Waals surface area contributed by atoms with E-state index in [-0.39, 0.29) is 11.4 Å². The maximum Gasteiger partial charge on any atom is 0.167 e. The second-order valence-electron chi connectivity index (χ2n) is 6.80. The minimum atomic E-state index is -1.17. The van der Waals surface area contributed by atoms with Crippen LogP contribution in [0.15, 0.2) is 18.3 Å². The Balaban J connectivity index is 2.30. The van der Waals surface area contributed by atoms with Crippen LogP contribution in [0.5, 0.6) is 0 Å². The molecule has 0 radical (unpaired) electrons. The maximum atomic E-state index is 14.5. The summed E-state index contributed by atoms with van der Waals surface area (Å²) in [5.74, 6) is 5.06. The number of aromatic nitrogens is 3. The zero-order valence-electron chi connectivity index (χ0n) is 15.2. The van der Waals surface area contributed by atoms with Crippen LogP contribution < -0.4 is 11.2 Å². The van der Waals surface area contributed by atoms with Crippen LogP contribution in [-0.4, -0.2) is 41.2 Å². The van der Waals surface area contributed by atoms with Crippen LogP contribution >= 0.6 is 0 Å². The molecular formula is C18H20B2FN3O. The molecule has 25 heavy (non-hydrogen) atoms. The first-order chi connectivity index (χ1) is 11.7. The molecule has 2 aromatic heterocycles. The van der Waals surface area contributed by atoms with Gasteiger partial charge in [-0.25, -0.2) is 4.39 Å². The van der Waals surface area contributed by atoms with Crippen LogP contribution in [0, 0.1) is 17.7 Å². The van der Waals surface area contributed by atoms with E-state index in [0.717, 1.165) is 39.8 Å². The van der Waals surface area contributed by atoms with Gasteiger partial charge in [-0.15, -0.1) is 0 Å². The minimum absolute atomic E-state index is 0.281. The lowest BCUT2D eigenvalue weighted by Gasteiger charge is -2.07. The summed E-state index contributed by atoms with van der Waals surface area (Å²) in [7, 11) is 3.93. The fourth-order valence-corrected chi connectivity index (χ4v) is 3.04. The zero-order chi connectivity index (χ0) is 18.4. The summed E-state index contributed by atoms with van der Waals surface area (Å²) in [6, 6.07) is 3.28. The van der Waals surface area contributed by atoms with Crippen molar-refractivity contribution in [3.8, 4) is 23.0 Å². The molecule has 2 heterocycles. The Labute approximate surface area is 148 Å². The topological polar surface area (TPSA) is 53.8 Å². The van der Waals surface area contributed by atoms with Gasteiger partial charge < -0.3 is 9.67 Å². The van der Waals surface area contributed by atoms with Gasteiger partial charge in [-0.2, -0.15) is 5.10 Å². The molecule has 0 amide bonds. The summed E-state index contributed by atoms with van der Waals surface area (Å²) >= 11 is 0. The van der Waals surface area contributed by atoms with E-state index in [0.29, 0.717) is 0 Å². The minimum Gasteiger partial charge on any atom is -0.378 e. The van der Waals surface area contributed by atoms with E-state index >= 15 is 0 Å². The lowest BCUT2D eigenvalue weighted by molar-refractivity contribution is 0.143.